The first-order valence-corrected chi connectivity index (χ1v) is 10.6. The zero-order chi connectivity index (χ0) is 20.1. The maximum atomic E-state index is 12.7. The van der Waals surface area contributed by atoms with Crippen LogP contribution in [0.5, 0.6) is 0 Å². The van der Waals surface area contributed by atoms with Crippen LogP contribution >= 0.6 is 11.8 Å². The van der Waals surface area contributed by atoms with Gasteiger partial charge in [0.2, 0.25) is 5.91 Å². The van der Waals surface area contributed by atoms with Crippen LogP contribution in [0, 0.1) is 0 Å². The number of aryl methyl sites for hydroxylation is 1. The van der Waals surface area contributed by atoms with Gasteiger partial charge >= 0.3 is 0 Å². The molecule has 1 unspecified atom stereocenters. The van der Waals surface area contributed by atoms with Gasteiger partial charge in [-0.05, 0) is 49.8 Å². The minimum absolute atomic E-state index is 0.00740. The Balaban J connectivity index is 1.70. The van der Waals surface area contributed by atoms with E-state index in [-0.39, 0.29) is 17.9 Å². The maximum Gasteiger partial charge on any atom is 0.251 e. The van der Waals surface area contributed by atoms with Gasteiger partial charge in [0.05, 0.1) is 11.7 Å². The molecular weight excluding hydrogens is 370 g/mol. The van der Waals surface area contributed by atoms with Crippen LogP contribution in [0.1, 0.15) is 40.9 Å². The van der Waals surface area contributed by atoms with Crippen molar-refractivity contribution < 1.29 is 9.59 Å². The summed E-state index contributed by atoms with van der Waals surface area (Å²) in [4.78, 5) is 27.6. The summed E-state index contributed by atoms with van der Waals surface area (Å²) in [7, 11) is 4.03. The van der Waals surface area contributed by atoms with E-state index in [1.54, 1.807) is 17.8 Å². The second-order valence-corrected chi connectivity index (χ2v) is 8.28. The molecule has 0 spiro atoms. The van der Waals surface area contributed by atoms with Gasteiger partial charge in [-0.1, -0.05) is 31.2 Å². The summed E-state index contributed by atoms with van der Waals surface area (Å²) in [5, 5.41) is 5.93. The predicted octanol–water partition coefficient (Wildman–Crippen LogP) is 3.72. The Morgan fingerprint density at radius 3 is 2.64 bits per heavy atom. The Morgan fingerprint density at radius 2 is 1.96 bits per heavy atom. The molecule has 28 heavy (non-hydrogen) atoms. The molecule has 0 bridgehead atoms. The van der Waals surface area contributed by atoms with E-state index in [4.69, 9.17) is 0 Å². The summed E-state index contributed by atoms with van der Waals surface area (Å²) in [5.41, 5.74) is 3.75. The van der Waals surface area contributed by atoms with Crippen LogP contribution in [0.4, 0.5) is 5.69 Å². The molecule has 2 N–H and O–H groups in total. The first kappa shape index (κ1) is 20.4. The van der Waals surface area contributed by atoms with E-state index in [0.717, 1.165) is 22.8 Å². The van der Waals surface area contributed by atoms with Crippen LogP contribution in [0.25, 0.3) is 0 Å². The molecule has 0 aromatic heterocycles. The van der Waals surface area contributed by atoms with Gasteiger partial charge in [0.1, 0.15) is 0 Å². The number of likely N-dealkylation sites (N-methyl/N-ethyl adjacent to an activating group) is 1. The summed E-state index contributed by atoms with van der Waals surface area (Å²) in [5.74, 6) is 0.612. The number of carbonyl (C=O) groups is 2. The van der Waals surface area contributed by atoms with Crippen molar-refractivity contribution >= 4 is 29.3 Å². The number of nitrogens with zero attached hydrogens (tertiary/aromatic N) is 1. The molecule has 0 aliphatic carbocycles. The minimum Gasteiger partial charge on any atom is -0.350 e. The number of fused-ring (bicyclic) bond motifs is 1. The summed E-state index contributed by atoms with van der Waals surface area (Å²) < 4.78 is 0. The molecule has 5 nitrogen and oxygen atoms in total. The average molecular weight is 398 g/mol. The Hall–Kier alpha value is -2.31. The third kappa shape index (κ3) is 4.94. The molecule has 2 aromatic rings. The molecule has 0 saturated carbocycles. The van der Waals surface area contributed by atoms with Crippen LogP contribution in [0.3, 0.4) is 0 Å². The van der Waals surface area contributed by atoms with Gasteiger partial charge in [0, 0.05) is 29.2 Å². The molecule has 0 saturated heterocycles. The van der Waals surface area contributed by atoms with Gasteiger partial charge in [-0.3, -0.25) is 9.59 Å². The maximum absolute atomic E-state index is 12.7. The first-order chi connectivity index (χ1) is 13.5. The van der Waals surface area contributed by atoms with E-state index in [0.29, 0.717) is 18.5 Å². The zero-order valence-corrected chi connectivity index (χ0v) is 17.4. The van der Waals surface area contributed by atoms with Crippen molar-refractivity contribution in [2.24, 2.45) is 0 Å². The van der Waals surface area contributed by atoms with E-state index in [2.05, 4.69) is 46.7 Å². The highest BCUT2D eigenvalue weighted by Gasteiger charge is 2.18. The molecule has 1 heterocycles. The van der Waals surface area contributed by atoms with Gasteiger partial charge in [0.25, 0.3) is 5.91 Å². The van der Waals surface area contributed by atoms with Crippen molar-refractivity contribution in [2.45, 2.75) is 30.7 Å². The molecule has 2 aromatic carbocycles. The van der Waals surface area contributed by atoms with Crippen molar-refractivity contribution in [1.82, 2.24) is 10.2 Å². The smallest absolute Gasteiger partial charge is 0.251 e. The van der Waals surface area contributed by atoms with Gasteiger partial charge in [0.15, 0.2) is 0 Å². The summed E-state index contributed by atoms with van der Waals surface area (Å²) in [6.45, 7) is 2.65. The molecule has 2 amide bonds. The molecule has 6 heteroatoms. The minimum atomic E-state index is -0.136. The highest BCUT2D eigenvalue weighted by Crippen LogP contribution is 2.31. The average Bonchev–Trinajstić information content (AvgIpc) is 2.88. The van der Waals surface area contributed by atoms with Crippen LogP contribution in [0.2, 0.25) is 0 Å². The molecule has 1 aliphatic heterocycles. The monoisotopic (exact) mass is 397 g/mol. The fourth-order valence-corrected chi connectivity index (χ4v) is 4.16. The molecular formula is C22H27N3O2S. The number of carbonyl (C=O) groups excluding carboxylic acids is 2. The van der Waals surface area contributed by atoms with Gasteiger partial charge < -0.3 is 15.5 Å². The number of hydrogen-bond acceptors (Lipinski definition) is 4. The number of amides is 2. The van der Waals surface area contributed by atoms with Crippen LogP contribution < -0.4 is 10.6 Å². The second kappa shape index (κ2) is 9.26. The van der Waals surface area contributed by atoms with E-state index in [1.807, 2.05) is 26.2 Å². The van der Waals surface area contributed by atoms with E-state index < -0.39 is 0 Å². The van der Waals surface area contributed by atoms with Gasteiger partial charge in [-0.15, -0.1) is 11.8 Å². The Bertz CT molecular complexity index is 849. The molecule has 1 atom stereocenters. The van der Waals surface area contributed by atoms with Gasteiger partial charge in [-0.2, -0.15) is 0 Å². The zero-order valence-electron chi connectivity index (χ0n) is 16.6. The Morgan fingerprint density at radius 1 is 1.21 bits per heavy atom. The molecule has 3 rings (SSSR count). The summed E-state index contributed by atoms with van der Waals surface area (Å²) in [6.07, 6.45) is 1.50. The SMILES string of the molecule is CCc1ccc(C(CNC(=O)c2ccc3c(c2)NC(=O)CCS3)N(C)C)cc1. The number of nitrogens with one attached hydrogen (secondary N) is 2. The lowest BCUT2D eigenvalue weighted by molar-refractivity contribution is -0.115. The largest absolute Gasteiger partial charge is 0.350 e. The number of anilines is 1. The molecule has 0 fully saturated rings. The third-order valence-corrected chi connectivity index (χ3v) is 6.03. The predicted molar refractivity (Wildman–Crippen MR) is 115 cm³/mol. The fourth-order valence-electron chi connectivity index (χ4n) is 3.23. The number of rotatable bonds is 6. The number of benzene rings is 2. The van der Waals surface area contributed by atoms with Crippen molar-refractivity contribution in [1.29, 1.82) is 0 Å². The van der Waals surface area contributed by atoms with Crippen molar-refractivity contribution in [3.05, 3.63) is 59.2 Å². The quantitative estimate of drug-likeness (QED) is 0.780. The Kier molecular flexibility index (Phi) is 6.75. The fraction of sp³-hybridized carbons (Fsp3) is 0.364. The first-order valence-electron chi connectivity index (χ1n) is 9.58. The van der Waals surface area contributed by atoms with Crippen LogP contribution in [-0.2, 0) is 11.2 Å². The van der Waals surface area contributed by atoms with Crippen molar-refractivity contribution in [3.8, 4) is 0 Å². The number of thioether (sulfide) groups is 1. The highest BCUT2D eigenvalue weighted by molar-refractivity contribution is 7.99. The molecule has 148 valence electrons. The number of hydrogen-bond donors (Lipinski definition) is 2. The van der Waals surface area contributed by atoms with Crippen molar-refractivity contribution in [2.75, 3.05) is 31.7 Å². The molecule has 1 aliphatic rings. The van der Waals surface area contributed by atoms with Crippen LogP contribution in [-0.4, -0.2) is 43.1 Å². The molecule has 0 radical (unpaired) electrons. The lowest BCUT2D eigenvalue weighted by Gasteiger charge is -2.25. The van der Waals surface area contributed by atoms with E-state index in [9.17, 15) is 9.59 Å². The van der Waals surface area contributed by atoms with E-state index in [1.165, 1.54) is 11.1 Å². The lowest BCUT2D eigenvalue weighted by Crippen LogP contribution is -2.34. The second-order valence-electron chi connectivity index (χ2n) is 7.14. The standard InChI is InChI=1S/C22H27N3O2S/c1-4-15-5-7-16(8-6-15)19(25(2)3)14-23-22(27)17-9-10-20-18(13-17)24-21(26)11-12-28-20/h5-10,13,19H,4,11-12,14H2,1-3H3,(H,23,27)(H,24,26). The Labute approximate surface area is 170 Å². The van der Waals surface area contributed by atoms with Crippen molar-refractivity contribution in [3.63, 3.8) is 0 Å². The summed E-state index contributed by atoms with van der Waals surface area (Å²) >= 11 is 1.63. The van der Waals surface area contributed by atoms with Gasteiger partial charge in [-0.25, -0.2) is 0 Å². The topological polar surface area (TPSA) is 61.4 Å². The van der Waals surface area contributed by atoms with E-state index >= 15 is 0 Å². The summed E-state index contributed by atoms with van der Waals surface area (Å²) in [6, 6.07) is 14.1. The highest BCUT2D eigenvalue weighted by atomic mass is 32.2. The lowest BCUT2D eigenvalue weighted by atomic mass is 10.0. The normalized spacial score (nSPS) is 14.8. The van der Waals surface area contributed by atoms with Crippen LogP contribution in [0.15, 0.2) is 47.4 Å². The third-order valence-electron chi connectivity index (χ3n) is 4.95.